The average Bonchev–Trinajstić information content (AvgIpc) is 2.54. The summed E-state index contributed by atoms with van der Waals surface area (Å²) in [6.45, 7) is 1.22. The lowest BCUT2D eigenvalue weighted by Crippen LogP contribution is -2.41. The molecule has 0 heterocycles. The molecule has 0 spiro atoms. The van der Waals surface area contributed by atoms with Crippen LogP contribution in [0.4, 0.5) is 0 Å². The van der Waals surface area contributed by atoms with Gasteiger partial charge in [-0.15, -0.1) is 0 Å². The number of nitrogens with one attached hydrogen (secondary N) is 1. The molecule has 1 saturated carbocycles. The van der Waals surface area contributed by atoms with Gasteiger partial charge < -0.3 is 24.6 Å². The molecule has 2 N–H and O–H groups in total. The first-order valence-corrected chi connectivity index (χ1v) is 7.84. The highest BCUT2D eigenvalue weighted by atomic mass is 16.5. The highest BCUT2D eigenvalue weighted by Gasteiger charge is 2.28. The van der Waals surface area contributed by atoms with Crippen molar-refractivity contribution in [2.75, 3.05) is 27.9 Å². The van der Waals surface area contributed by atoms with E-state index >= 15 is 0 Å². The third kappa shape index (κ3) is 4.05. The summed E-state index contributed by atoms with van der Waals surface area (Å²) in [6, 6.07) is 3.74. The largest absolute Gasteiger partial charge is 0.496 e. The predicted octanol–water partition coefficient (Wildman–Crippen LogP) is 2.50. The minimum absolute atomic E-state index is 0.567. The number of methoxy groups -OCH3 is 3. The fourth-order valence-corrected chi connectivity index (χ4v) is 3.05. The molecule has 5 heteroatoms. The molecule has 1 aromatic rings. The van der Waals surface area contributed by atoms with Gasteiger partial charge in [0.25, 0.3) is 0 Å². The predicted molar refractivity (Wildman–Crippen MR) is 85.8 cm³/mol. The summed E-state index contributed by atoms with van der Waals surface area (Å²) in [4.78, 5) is 0. The topological polar surface area (TPSA) is 60.0 Å². The zero-order chi connectivity index (χ0) is 16.0. The van der Waals surface area contributed by atoms with E-state index in [0.29, 0.717) is 24.6 Å². The van der Waals surface area contributed by atoms with Gasteiger partial charge in [0.2, 0.25) is 0 Å². The van der Waals surface area contributed by atoms with Crippen molar-refractivity contribution in [3.8, 4) is 17.2 Å². The number of hydrogen-bond acceptors (Lipinski definition) is 5. The number of rotatable bonds is 7. The van der Waals surface area contributed by atoms with Crippen LogP contribution in [0.15, 0.2) is 12.1 Å². The standard InChI is InChI=1S/C17H27NO4/c1-20-14-10-16(22-3)15(21-2)9-13(14)11-18-12-17(19)7-5-4-6-8-17/h9-10,18-19H,4-8,11-12H2,1-3H3. The van der Waals surface area contributed by atoms with Gasteiger partial charge in [-0.3, -0.25) is 0 Å². The van der Waals surface area contributed by atoms with E-state index in [-0.39, 0.29) is 0 Å². The van der Waals surface area contributed by atoms with E-state index in [4.69, 9.17) is 14.2 Å². The van der Waals surface area contributed by atoms with E-state index < -0.39 is 5.60 Å². The van der Waals surface area contributed by atoms with Gasteiger partial charge in [-0.25, -0.2) is 0 Å². The van der Waals surface area contributed by atoms with Crippen molar-refractivity contribution < 1.29 is 19.3 Å². The molecular formula is C17H27NO4. The SMILES string of the molecule is COc1cc(OC)c(OC)cc1CNCC1(O)CCCCC1. The minimum atomic E-state index is -0.567. The van der Waals surface area contributed by atoms with Gasteiger partial charge >= 0.3 is 0 Å². The summed E-state index contributed by atoms with van der Waals surface area (Å²) in [6.07, 6.45) is 5.20. The molecule has 1 aromatic carbocycles. The van der Waals surface area contributed by atoms with Crippen LogP contribution in [-0.2, 0) is 6.54 Å². The minimum Gasteiger partial charge on any atom is -0.496 e. The maximum absolute atomic E-state index is 10.5. The number of aliphatic hydroxyl groups is 1. The number of hydrogen-bond donors (Lipinski definition) is 2. The Bertz CT molecular complexity index is 484. The van der Waals surface area contributed by atoms with E-state index in [9.17, 15) is 5.11 Å². The molecule has 22 heavy (non-hydrogen) atoms. The third-order valence-corrected chi connectivity index (χ3v) is 4.34. The summed E-state index contributed by atoms with van der Waals surface area (Å²) in [5, 5.41) is 13.9. The summed E-state index contributed by atoms with van der Waals surface area (Å²) in [7, 11) is 4.86. The highest BCUT2D eigenvalue weighted by Crippen LogP contribution is 2.34. The molecule has 1 aliphatic carbocycles. The molecule has 2 rings (SSSR count). The monoisotopic (exact) mass is 309 g/mol. The van der Waals surface area contributed by atoms with E-state index in [2.05, 4.69) is 5.32 Å². The van der Waals surface area contributed by atoms with Crippen LogP contribution in [0.3, 0.4) is 0 Å². The van der Waals surface area contributed by atoms with E-state index in [1.807, 2.05) is 12.1 Å². The molecule has 0 aliphatic heterocycles. The molecule has 0 unspecified atom stereocenters. The molecule has 5 nitrogen and oxygen atoms in total. The Morgan fingerprint density at radius 3 is 2.14 bits per heavy atom. The van der Waals surface area contributed by atoms with Gasteiger partial charge in [0.15, 0.2) is 11.5 Å². The van der Waals surface area contributed by atoms with Crippen molar-refractivity contribution in [3.05, 3.63) is 17.7 Å². The van der Waals surface area contributed by atoms with Crippen molar-refractivity contribution >= 4 is 0 Å². The Kier molecular flexibility index (Phi) is 5.91. The first kappa shape index (κ1) is 16.9. The summed E-state index contributed by atoms with van der Waals surface area (Å²) in [5.41, 5.74) is 0.418. The molecule has 0 saturated heterocycles. The number of ether oxygens (including phenoxy) is 3. The second kappa shape index (κ2) is 7.70. The number of benzene rings is 1. The Morgan fingerprint density at radius 1 is 0.955 bits per heavy atom. The molecule has 124 valence electrons. The fourth-order valence-electron chi connectivity index (χ4n) is 3.05. The lowest BCUT2D eigenvalue weighted by atomic mass is 9.85. The van der Waals surface area contributed by atoms with Gasteiger partial charge in [0.05, 0.1) is 26.9 Å². The highest BCUT2D eigenvalue weighted by molar-refractivity contribution is 5.50. The van der Waals surface area contributed by atoms with Crippen LogP contribution >= 0.6 is 0 Å². The van der Waals surface area contributed by atoms with E-state index in [0.717, 1.165) is 37.0 Å². The average molecular weight is 309 g/mol. The Hall–Kier alpha value is -1.46. The first-order chi connectivity index (χ1) is 10.6. The van der Waals surface area contributed by atoms with Gasteiger partial charge in [-0.05, 0) is 18.9 Å². The molecule has 0 bridgehead atoms. The Balaban J connectivity index is 2.02. The van der Waals surface area contributed by atoms with E-state index in [1.54, 1.807) is 21.3 Å². The van der Waals surface area contributed by atoms with Gasteiger partial charge in [-0.2, -0.15) is 0 Å². The molecule has 0 atom stereocenters. The molecule has 1 fully saturated rings. The molecule has 0 amide bonds. The van der Waals surface area contributed by atoms with Crippen LogP contribution in [0.1, 0.15) is 37.7 Å². The lowest BCUT2D eigenvalue weighted by molar-refractivity contribution is 0.00464. The van der Waals surface area contributed by atoms with Crippen LogP contribution in [-0.4, -0.2) is 38.6 Å². The van der Waals surface area contributed by atoms with Crippen LogP contribution < -0.4 is 19.5 Å². The summed E-state index contributed by atoms with van der Waals surface area (Å²) >= 11 is 0. The maximum atomic E-state index is 10.5. The maximum Gasteiger partial charge on any atom is 0.164 e. The van der Waals surface area contributed by atoms with Crippen LogP contribution in [0.5, 0.6) is 17.2 Å². The molecule has 1 aliphatic rings. The van der Waals surface area contributed by atoms with Crippen molar-refractivity contribution in [3.63, 3.8) is 0 Å². The van der Waals surface area contributed by atoms with Gasteiger partial charge in [0, 0.05) is 24.7 Å². The second-order valence-corrected chi connectivity index (χ2v) is 5.91. The Labute approximate surface area is 132 Å². The summed E-state index contributed by atoms with van der Waals surface area (Å²) < 4.78 is 16.0. The lowest BCUT2D eigenvalue weighted by Gasteiger charge is -2.32. The second-order valence-electron chi connectivity index (χ2n) is 5.91. The van der Waals surface area contributed by atoms with E-state index in [1.165, 1.54) is 6.42 Å². The molecule has 0 radical (unpaired) electrons. The zero-order valence-electron chi connectivity index (χ0n) is 13.8. The van der Waals surface area contributed by atoms with Crippen molar-refractivity contribution in [2.45, 2.75) is 44.2 Å². The van der Waals surface area contributed by atoms with Crippen LogP contribution in [0, 0.1) is 0 Å². The smallest absolute Gasteiger partial charge is 0.164 e. The Morgan fingerprint density at radius 2 is 1.55 bits per heavy atom. The zero-order valence-corrected chi connectivity index (χ0v) is 13.8. The quantitative estimate of drug-likeness (QED) is 0.810. The first-order valence-electron chi connectivity index (χ1n) is 7.84. The van der Waals surface area contributed by atoms with Crippen LogP contribution in [0.2, 0.25) is 0 Å². The van der Waals surface area contributed by atoms with Gasteiger partial charge in [0.1, 0.15) is 5.75 Å². The van der Waals surface area contributed by atoms with Crippen molar-refractivity contribution in [1.29, 1.82) is 0 Å². The van der Waals surface area contributed by atoms with Crippen molar-refractivity contribution in [2.24, 2.45) is 0 Å². The molecule has 0 aromatic heterocycles. The fraction of sp³-hybridized carbons (Fsp3) is 0.647. The summed E-state index contributed by atoms with van der Waals surface area (Å²) in [5.74, 6) is 2.08. The van der Waals surface area contributed by atoms with Crippen molar-refractivity contribution in [1.82, 2.24) is 5.32 Å². The van der Waals surface area contributed by atoms with Gasteiger partial charge in [-0.1, -0.05) is 19.3 Å². The van der Waals surface area contributed by atoms with Crippen LogP contribution in [0.25, 0.3) is 0 Å². The molecular weight excluding hydrogens is 282 g/mol. The normalized spacial score (nSPS) is 17.1. The third-order valence-electron chi connectivity index (χ3n) is 4.34.